The number of aryl methyl sites for hydroxylation is 1. The first-order chi connectivity index (χ1) is 9.36. The largest absolute Gasteiger partial charge is 0.453 e. The number of nitrogens with zero attached hydrogens (tertiary/aromatic N) is 2. The normalized spacial score (nSPS) is 12.2. The number of H-pyrrole nitrogens is 1. The van der Waals surface area contributed by atoms with Crippen LogP contribution in [0.4, 0.5) is 0 Å². The second-order valence-electron chi connectivity index (χ2n) is 6.01. The molecule has 0 atom stereocenters. The predicted molar refractivity (Wildman–Crippen MR) is 82.4 cm³/mol. The molecule has 3 aromatic rings. The zero-order valence-electron chi connectivity index (χ0n) is 12.0. The number of nitrogens with one attached hydrogen (secondary N) is 1. The van der Waals surface area contributed by atoms with Crippen molar-refractivity contribution in [3.8, 4) is 11.6 Å². The Morgan fingerprint density at radius 1 is 1.25 bits per heavy atom. The number of furan rings is 1. The monoisotopic (exact) mass is 287 g/mol. The molecule has 0 aliphatic carbocycles. The van der Waals surface area contributed by atoms with Crippen molar-refractivity contribution in [1.82, 2.24) is 14.8 Å². The Hall–Kier alpha value is -1.88. The summed E-state index contributed by atoms with van der Waals surface area (Å²) in [5.41, 5.74) is 1.91. The molecule has 3 rings (SSSR count). The third-order valence-electron chi connectivity index (χ3n) is 3.24. The molecule has 20 heavy (non-hydrogen) atoms. The summed E-state index contributed by atoms with van der Waals surface area (Å²) in [7, 11) is 0. The second kappa shape index (κ2) is 4.31. The van der Waals surface area contributed by atoms with E-state index in [9.17, 15) is 0 Å². The molecule has 5 heteroatoms. The molecule has 4 nitrogen and oxygen atoms in total. The lowest BCUT2D eigenvalue weighted by molar-refractivity contribution is 0.392. The molecule has 0 fully saturated rings. The van der Waals surface area contributed by atoms with Crippen molar-refractivity contribution in [1.29, 1.82) is 0 Å². The molecule has 0 aliphatic rings. The zero-order chi connectivity index (χ0) is 14.5. The summed E-state index contributed by atoms with van der Waals surface area (Å²) in [6.45, 7) is 8.34. The van der Waals surface area contributed by atoms with Gasteiger partial charge in [0.05, 0.1) is 0 Å². The summed E-state index contributed by atoms with van der Waals surface area (Å²) < 4.78 is 8.49. The van der Waals surface area contributed by atoms with Gasteiger partial charge in [-0.15, -0.1) is 0 Å². The number of rotatable bonds is 1. The minimum atomic E-state index is -0.158. The van der Waals surface area contributed by atoms with E-state index >= 15 is 0 Å². The quantitative estimate of drug-likeness (QED) is 0.674. The van der Waals surface area contributed by atoms with E-state index in [0.29, 0.717) is 4.77 Å². The van der Waals surface area contributed by atoms with E-state index in [1.54, 1.807) is 0 Å². The van der Waals surface area contributed by atoms with Gasteiger partial charge in [-0.3, -0.25) is 9.67 Å². The Labute approximate surface area is 122 Å². The number of hydrogen-bond acceptors (Lipinski definition) is 3. The van der Waals surface area contributed by atoms with Crippen LogP contribution < -0.4 is 0 Å². The molecular formula is C15H17N3OS. The van der Waals surface area contributed by atoms with Crippen LogP contribution in [0.5, 0.6) is 0 Å². The molecule has 1 N–H and O–H groups in total. The molecule has 2 heterocycles. The molecule has 0 spiro atoms. The third-order valence-corrected chi connectivity index (χ3v) is 3.51. The Balaban J connectivity index is 2.24. The molecule has 0 saturated carbocycles. The SMILES string of the molecule is Cc1ccc2oc(-c3n[nH]c(=S)n3C(C)(C)C)cc2c1. The fourth-order valence-electron chi connectivity index (χ4n) is 2.36. The molecule has 0 aliphatic heterocycles. The van der Waals surface area contributed by atoms with Gasteiger partial charge in [0.25, 0.3) is 0 Å². The van der Waals surface area contributed by atoms with Crippen LogP contribution in [-0.2, 0) is 5.54 Å². The average molecular weight is 287 g/mol. The van der Waals surface area contributed by atoms with Gasteiger partial charge < -0.3 is 4.42 Å². The number of aromatic amines is 1. The topological polar surface area (TPSA) is 46.8 Å². The van der Waals surface area contributed by atoms with Crippen LogP contribution >= 0.6 is 12.2 Å². The number of fused-ring (bicyclic) bond motifs is 1. The van der Waals surface area contributed by atoms with E-state index in [4.69, 9.17) is 16.6 Å². The van der Waals surface area contributed by atoms with Crippen molar-refractivity contribution in [3.63, 3.8) is 0 Å². The van der Waals surface area contributed by atoms with E-state index in [1.807, 2.05) is 22.8 Å². The maximum atomic E-state index is 5.91. The highest BCUT2D eigenvalue weighted by atomic mass is 32.1. The summed E-state index contributed by atoms with van der Waals surface area (Å²) in [6.07, 6.45) is 0. The summed E-state index contributed by atoms with van der Waals surface area (Å²) >= 11 is 5.33. The van der Waals surface area contributed by atoms with Crippen molar-refractivity contribution < 1.29 is 4.42 Å². The minimum absolute atomic E-state index is 0.158. The minimum Gasteiger partial charge on any atom is -0.453 e. The summed E-state index contributed by atoms with van der Waals surface area (Å²) in [5.74, 6) is 1.46. The Morgan fingerprint density at radius 3 is 2.70 bits per heavy atom. The highest BCUT2D eigenvalue weighted by Gasteiger charge is 2.22. The molecule has 0 bridgehead atoms. The standard InChI is InChI=1S/C15H17N3OS/c1-9-5-6-11-10(7-9)8-12(19-11)13-16-17-14(20)18(13)15(2,3)4/h5-8H,1-4H3,(H,17,20). The summed E-state index contributed by atoms with van der Waals surface area (Å²) in [5, 5.41) is 8.25. The molecule has 104 valence electrons. The maximum absolute atomic E-state index is 5.91. The van der Waals surface area contributed by atoms with Gasteiger partial charge >= 0.3 is 0 Å². The van der Waals surface area contributed by atoms with Gasteiger partial charge in [-0.25, -0.2) is 0 Å². The van der Waals surface area contributed by atoms with Crippen LogP contribution in [0.3, 0.4) is 0 Å². The molecule has 0 radical (unpaired) electrons. The Morgan fingerprint density at radius 2 is 2.00 bits per heavy atom. The van der Waals surface area contributed by atoms with E-state index in [2.05, 4.69) is 44.0 Å². The van der Waals surface area contributed by atoms with E-state index in [-0.39, 0.29) is 5.54 Å². The van der Waals surface area contributed by atoms with Gasteiger partial charge in [-0.05, 0) is 58.1 Å². The maximum Gasteiger partial charge on any atom is 0.198 e. The van der Waals surface area contributed by atoms with Crippen LogP contribution in [0.25, 0.3) is 22.6 Å². The molecule has 0 unspecified atom stereocenters. The van der Waals surface area contributed by atoms with Crippen LogP contribution in [0.1, 0.15) is 26.3 Å². The van der Waals surface area contributed by atoms with Gasteiger partial charge in [-0.1, -0.05) is 11.6 Å². The first-order valence-electron chi connectivity index (χ1n) is 6.55. The first kappa shape index (κ1) is 13.1. The lowest BCUT2D eigenvalue weighted by atomic mass is 10.1. The van der Waals surface area contributed by atoms with E-state index < -0.39 is 0 Å². The van der Waals surface area contributed by atoms with Crippen molar-refractivity contribution in [2.24, 2.45) is 0 Å². The van der Waals surface area contributed by atoms with Gasteiger partial charge in [0.15, 0.2) is 16.4 Å². The highest BCUT2D eigenvalue weighted by molar-refractivity contribution is 7.71. The van der Waals surface area contributed by atoms with Crippen molar-refractivity contribution in [2.45, 2.75) is 33.2 Å². The molecular weight excluding hydrogens is 270 g/mol. The Bertz CT molecular complexity index is 833. The lowest BCUT2D eigenvalue weighted by Gasteiger charge is -2.21. The fraction of sp³-hybridized carbons (Fsp3) is 0.333. The van der Waals surface area contributed by atoms with Crippen molar-refractivity contribution in [2.75, 3.05) is 0 Å². The highest BCUT2D eigenvalue weighted by Crippen LogP contribution is 2.30. The molecule has 0 saturated heterocycles. The Kier molecular flexibility index (Phi) is 2.83. The van der Waals surface area contributed by atoms with Gasteiger partial charge in [0, 0.05) is 10.9 Å². The van der Waals surface area contributed by atoms with Crippen LogP contribution in [-0.4, -0.2) is 14.8 Å². The smallest absolute Gasteiger partial charge is 0.198 e. The fourth-order valence-corrected chi connectivity index (χ4v) is 2.76. The lowest BCUT2D eigenvalue weighted by Crippen LogP contribution is -2.22. The molecule has 1 aromatic carbocycles. The van der Waals surface area contributed by atoms with E-state index in [1.165, 1.54) is 5.56 Å². The molecule has 0 amide bonds. The molecule has 2 aromatic heterocycles. The van der Waals surface area contributed by atoms with Gasteiger partial charge in [-0.2, -0.15) is 5.10 Å². The van der Waals surface area contributed by atoms with Crippen LogP contribution in [0.15, 0.2) is 28.7 Å². The van der Waals surface area contributed by atoms with Gasteiger partial charge in [0.1, 0.15) is 5.58 Å². The first-order valence-corrected chi connectivity index (χ1v) is 6.95. The van der Waals surface area contributed by atoms with Crippen molar-refractivity contribution in [3.05, 3.63) is 34.6 Å². The summed E-state index contributed by atoms with van der Waals surface area (Å²) in [6, 6.07) is 8.13. The van der Waals surface area contributed by atoms with Crippen molar-refractivity contribution >= 4 is 23.2 Å². The second-order valence-corrected chi connectivity index (χ2v) is 6.40. The van der Waals surface area contributed by atoms with Crippen LogP contribution in [0, 0.1) is 11.7 Å². The van der Waals surface area contributed by atoms with Crippen LogP contribution in [0.2, 0.25) is 0 Å². The number of aromatic nitrogens is 3. The average Bonchev–Trinajstić information content (AvgIpc) is 2.90. The summed E-state index contributed by atoms with van der Waals surface area (Å²) in [4.78, 5) is 0. The number of hydrogen-bond donors (Lipinski definition) is 1. The number of benzene rings is 1. The van der Waals surface area contributed by atoms with E-state index in [0.717, 1.165) is 22.6 Å². The predicted octanol–water partition coefficient (Wildman–Crippen LogP) is 4.42. The van der Waals surface area contributed by atoms with Gasteiger partial charge in [0.2, 0.25) is 0 Å². The third kappa shape index (κ3) is 2.08. The zero-order valence-corrected chi connectivity index (χ0v) is 12.8.